The normalized spacial score (nSPS) is 15.5. The Morgan fingerprint density at radius 2 is 2.00 bits per heavy atom. The van der Waals surface area contributed by atoms with Crippen molar-refractivity contribution in [3.63, 3.8) is 0 Å². The molecule has 2 aromatic rings. The molecule has 1 aliphatic carbocycles. The van der Waals surface area contributed by atoms with Gasteiger partial charge in [-0.25, -0.2) is 4.68 Å². The number of benzene rings is 1. The van der Waals surface area contributed by atoms with Crippen LogP contribution in [0.15, 0.2) is 24.3 Å². The van der Waals surface area contributed by atoms with Gasteiger partial charge in [-0.15, -0.1) is 0 Å². The van der Waals surface area contributed by atoms with Crippen molar-refractivity contribution in [2.75, 3.05) is 0 Å². The van der Waals surface area contributed by atoms with E-state index in [9.17, 15) is 4.79 Å². The van der Waals surface area contributed by atoms with Gasteiger partial charge in [-0.05, 0) is 63.5 Å². The maximum absolute atomic E-state index is 12.8. The van der Waals surface area contributed by atoms with Crippen molar-refractivity contribution >= 4 is 23.6 Å². The Balaban J connectivity index is 1.98. The van der Waals surface area contributed by atoms with Gasteiger partial charge in [0.05, 0.1) is 11.4 Å². The van der Waals surface area contributed by atoms with Crippen LogP contribution >= 0.6 is 11.6 Å². The molecular weight excluding hydrogens is 346 g/mol. The summed E-state index contributed by atoms with van der Waals surface area (Å²) in [5.41, 5.74) is 4.27. The summed E-state index contributed by atoms with van der Waals surface area (Å²) in [6.45, 7) is 5.92. The number of carbonyl (C=O) groups excluding carboxylic acids is 1. The van der Waals surface area contributed by atoms with Gasteiger partial charge in [0.15, 0.2) is 5.69 Å². The zero-order chi connectivity index (χ0) is 18.7. The third kappa shape index (κ3) is 3.85. The number of hydrogen-bond acceptors (Lipinski definition) is 2. The minimum atomic E-state index is -0.0782. The van der Waals surface area contributed by atoms with Gasteiger partial charge in [-0.3, -0.25) is 4.79 Å². The summed E-state index contributed by atoms with van der Waals surface area (Å²) in [6.07, 6.45) is 9.72. The van der Waals surface area contributed by atoms with Crippen LogP contribution in [0.3, 0.4) is 0 Å². The first-order chi connectivity index (χ1) is 12.5. The Morgan fingerprint density at radius 3 is 2.65 bits per heavy atom. The summed E-state index contributed by atoms with van der Waals surface area (Å²) < 4.78 is 1.84. The van der Waals surface area contributed by atoms with E-state index in [0.29, 0.717) is 10.7 Å². The zero-order valence-corrected chi connectivity index (χ0v) is 16.4. The Morgan fingerprint density at radius 1 is 1.27 bits per heavy atom. The molecule has 1 amide bonds. The fourth-order valence-corrected chi connectivity index (χ4v) is 3.85. The number of hydrogen-bond donors (Lipinski definition) is 1. The molecule has 0 radical (unpaired) electrons. The van der Waals surface area contributed by atoms with Crippen molar-refractivity contribution < 1.29 is 4.79 Å². The molecule has 1 aromatic heterocycles. The Bertz CT molecular complexity index is 832. The molecule has 5 heteroatoms. The van der Waals surface area contributed by atoms with Crippen LogP contribution < -0.4 is 5.32 Å². The summed E-state index contributed by atoms with van der Waals surface area (Å²) in [6, 6.07) is 5.97. The second kappa shape index (κ2) is 8.09. The molecule has 0 aliphatic heterocycles. The SMILES string of the molecule is C/C=C/c1c(C)c(C(=O)NC2CCCCC2)nn1-c1ccc(Cl)cc1C. The second-order valence-electron chi connectivity index (χ2n) is 7.01. The molecule has 1 fully saturated rings. The van der Waals surface area contributed by atoms with Crippen LogP contribution in [0.4, 0.5) is 0 Å². The van der Waals surface area contributed by atoms with Gasteiger partial charge < -0.3 is 5.32 Å². The Kier molecular flexibility index (Phi) is 5.82. The Labute approximate surface area is 160 Å². The maximum Gasteiger partial charge on any atom is 0.272 e. The molecule has 0 bridgehead atoms. The minimum absolute atomic E-state index is 0.0782. The van der Waals surface area contributed by atoms with Crippen LogP contribution in [0.2, 0.25) is 5.02 Å². The van der Waals surface area contributed by atoms with Crippen molar-refractivity contribution in [2.45, 2.75) is 58.9 Å². The number of rotatable bonds is 4. The lowest BCUT2D eigenvalue weighted by Crippen LogP contribution is -2.36. The first-order valence-corrected chi connectivity index (χ1v) is 9.68. The molecule has 26 heavy (non-hydrogen) atoms. The maximum atomic E-state index is 12.8. The number of carbonyl (C=O) groups is 1. The number of aromatic nitrogens is 2. The lowest BCUT2D eigenvalue weighted by molar-refractivity contribution is 0.0921. The third-order valence-corrected chi connectivity index (χ3v) is 5.27. The Hall–Kier alpha value is -2.07. The van der Waals surface area contributed by atoms with E-state index in [0.717, 1.165) is 35.3 Å². The van der Waals surface area contributed by atoms with E-state index in [2.05, 4.69) is 10.4 Å². The quantitative estimate of drug-likeness (QED) is 0.798. The molecule has 1 aliphatic rings. The van der Waals surface area contributed by atoms with Crippen LogP contribution in [-0.2, 0) is 0 Å². The number of allylic oxidation sites excluding steroid dienone is 1. The van der Waals surface area contributed by atoms with Crippen LogP contribution in [0.25, 0.3) is 11.8 Å². The molecule has 0 atom stereocenters. The standard InChI is InChI=1S/C21H26ClN3O/c1-4-8-19-15(3)20(21(26)23-17-9-6-5-7-10-17)24-25(19)18-12-11-16(22)13-14(18)2/h4,8,11-13,17H,5-7,9-10H2,1-3H3,(H,23,26)/b8-4+. The van der Waals surface area contributed by atoms with Gasteiger partial charge >= 0.3 is 0 Å². The molecular formula is C21H26ClN3O. The van der Waals surface area contributed by atoms with Crippen LogP contribution in [0.1, 0.15) is 66.3 Å². The predicted octanol–water partition coefficient (Wildman–Crippen LogP) is 5.24. The number of halogens is 1. The van der Waals surface area contributed by atoms with Crippen molar-refractivity contribution in [1.29, 1.82) is 0 Å². The zero-order valence-electron chi connectivity index (χ0n) is 15.7. The average molecular weight is 372 g/mol. The summed E-state index contributed by atoms with van der Waals surface area (Å²) in [5, 5.41) is 8.53. The summed E-state index contributed by atoms with van der Waals surface area (Å²) in [4.78, 5) is 12.8. The smallest absolute Gasteiger partial charge is 0.272 e. The summed E-state index contributed by atoms with van der Waals surface area (Å²) in [5.74, 6) is -0.0782. The molecule has 1 aromatic carbocycles. The number of aryl methyl sites for hydroxylation is 1. The van der Waals surface area contributed by atoms with E-state index < -0.39 is 0 Å². The fraction of sp³-hybridized carbons (Fsp3) is 0.429. The van der Waals surface area contributed by atoms with Gasteiger partial charge in [0, 0.05) is 16.6 Å². The van der Waals surface area contributed by atoms with Gasteiger partial charge in [0.1, 0.15) is 0 Å². The molecule has 138 valence electrons. The highest BCUT2D eigenvalue weighted by molar-refractivity contribution is 6.30. The van der Waals surface area contributed by atoms with E-state index in [1.165, 1.54) is 19.3 Å². The van der Waals surface area contributed by atoms with Crippen LogP contribution in [0, 0.1) is 13.8 Å². The largest absolute Gasteiger partial charge is 0.348 e. The molecule has 0 saturated heterocycles. The number of amides is 1. The molecule has 0 spiro atoms. The van der Waals surface area contributed by atoms with E-state index >= 15 is 0 Å². The number of nitrogens with one attached hydrogen (secondary N) is 1. The lowest BCUT2D eigenvalue weighted by Gasteiger charge is -2.22. The van der Waals surface area contributed by atoms with Gasteiger partial charge in [-0.2, -0.15) is 5.10 Å². The topological polar surface area (TPSA) is 46.9 Å². The van der Waals surface area contributed by atoms with Gasteiger partial charge in [0.2, 0.25) is 0 Å². The molecule has 4 nitrogen and oxygen atoms in total. The highest BCUT2D eigenvalue weighted by Crippen LogP contribution is 2.25. The molecule has 3 rings (SSSR count). The van der Waals surface area contributed by atoms with Crippen LogP contribution in [-0.4, -0.2) is 21.7 Å². The predicted molar refractivity (Wildman–Crippen MR) is 107 cm³/mol. The molecule has 0 unspecified atom stereocenters. The monoisotopic (exact) mass is 371 g/mol. The van der Waals surface area contributed by atoms with Gasteiger partial charge in [-0.1, -0.05) is 36.9 Å². The molecule has 1 heterocycles. The van der Waals surface area contributed by atoms with E-state index in [1.807, 2.05) is 55.8 Å². The highest BCUT2D eigenvalue weighted by Gasteiger charge is 2.23. The van der Waals surface area contributed by atoms with Crippen molar-refractivity contribution in [3.8, 4) is 5.69 Å². The fourth-order valence-electron chi connectivity index (χ4n) is 3.62. The third-order valence-electron chi connectivity index (χ3n) is 5.03. The van der Waals surface area contributed by atoms with Crippen molar-refractivity contribution in [3.05, 3.63) is 51.8 Å². The first kappa shape index (κ1) is 18.7. The molecule has 1 saturated carbocycles. The van der Waals surface area contributed by atoms with E-state index in [-0.39, 0.29) is 11.9 Å². The van der Waals surface area contributed by atoms with Crippen molar-refractivity contribution in [1.82, 2.24) is 15.1 Å². The summed E-state index contributed by atoms with van der Waals surface area (Å²) in [7, 11) is 0. The second-order valence-corrected chi connectivity index (χ2v) is 7.45. The lowest BCUT2D eigenvalue weighted by atomic mass is 9.95. The van der Waals surface area contributed by atoms with E-state index in [4.69, 9.17) is 11.6 Å². The first-order valence-electron chi connectivity index (χ1n) is 9.31. The average Bonchev–Trinajstić information content (AvgIpc) is 2.93. The van der Waals surface area contributed by atoms with E-state index in [1.54, 1.807) is 0 Å². The van der Waals surface area contributed by atoms with Crippen LogP contribution in [0.5, 0.6) is 0 Å². The van der Waals surface area contributed by atoms with Gasteiger partial charge in [0.25, 0.3) is 5.91 Å². The highest BCUT2D eigenvalue weighted by atomic mass is 35.5. The minimum Gasteiger partial charge on any atom is -0.348 e. The number of nitrogens with zero attached hydrogens (tertiary/aromatic N) is 2. The molecule has 1 N–H and O–H groups in total. The summed E-state index contributed by atoms with van der Waals surface area (Å²) >= 11 is 6.09. The van der Waals surface area contributed by atoms with Crippen molar-refractivity contribution in [2.24, 2.45) is 0 Å².